The van der Waals surface area contributed by atoms with Gasteiger partial charge in [0.1, 0.15) is 0 Å². The normalized spacial score (nSPS) is 14.7. The molecule has 0 radical (unpaired) electrons. The zero-order valence-corrected chi connectivity index (χ0v) is 13.6. The van der Waals surface area contributed by atoms with Crippen LogP contribution in [-0.4, -0.2) is 29.8 Å². The van der Waals surface area contributed by atoms with Gasteiger partial charge in [0, 0.05) is 16.8 Å². The van der Waals surface area contributed by atoms with Crippen LogP contribution >= 0.6 is 11.3 Å². The summed E-state index contributed by atoms with van der Waals surface area (Å²) in [6.45, 7) is 8.62. The first kappa shape index (κ1) is 17.0. The van der Waals surface area contributed by atoms with Gasteiger partial charge in [-0.15, -0.1) is 11.3 Å². The molecule has 0 aromatic carbocycles. The molecule has 4 nitrogen and oxygen atoms in total. The molecular weight excluding hydrogens is 272 g/mol. The smallest absolute Gasteiger partial charge is 0.315 e. The predicted octanol–water partition coefficient (Wildman–Crippen LogP) is 2.88. The Balaban J connectivity index is 2.51. The number of amides is 2. The second kappa shape index (κ2) is 7.09. The molecule has 0 aliphatic carbocycles. The summed E-state index contributed by atoms with van der Waals surface area (Å²) < 4.78 is 0. The Hall–Kier alpha value is -1.07. The van der Waals surface area contributed by atoms with Crippen molar-refractivity contribution in [1.29, 1.82) is 0 Å². The lowest BCUT2D eigenvalue weighted by Crippen LogP contribution is -2.53. The summed E-state index contributed by atoms with van der Waals surface area (Å²) in [5.74, 6) is 0. The second-order valence-electron chi connectivity index (χ2n) is 6.14. The van der Waals surface area contributed by atoms with Crippen molar-refractivity contribution in [3.63, 3.8) is 0 Å². The van der Waals surface area contributed by atoms with Crippen LogP contribution in [0.5, 0.6) is 0 Å². The molecule has 5 heteroatoms. The number of thiophene rings is 1. The highest BCUT2D eigenvalue weighted by molar-refractivity contribution is 7.10. The van der Waals surface area contributed by atoms with Crippen molar-refractivity contribution in [3.8, 4) is 0 Å². The van der Waals surface area contributed by atoms with E-state index >= 15 is 0 Å². The van der Waals surface area contributed by atoms with Crippen molar-refractivity contribution < 1.29 is 9.90 Å². The molecule has 114 valence electrons. The Morgan fingerprint density at radius 2 is 2.10 bits per heavy atom. The molecular formula is C15H26N2O2S. The summed E-state index contributed by atoms with van der Waals surface area (Å²) >= 11 is 1.70. The van der Waals surface area contributed by atoms with E-state index in [0.717, 1.165) is 12.8 Å². The lowest BCUT2D eigenvalue weighted by atomic mass is 9.91. The first-order valence-corrected chi connectivity index (χ1v) is 7.92. The Morgan fingerprint density at radius 1 is 1.40 bits per heavy atom. The Morgan fingerprint density at radius 3 is 2.60 bits per heavy atom. The molecule has 0 aliphatic heterocycles. The standard InChI is InChI=1S/C15H26N2O2S/c1-5-8-15(4,11-18)17-13(19)16-10-14(2,3)12-7-6-9-20-12/h6-7,9,18H,5,8,10-11H2,1-4H3,(H2,16,17,19). The monoisotopic (exact) mass is 298 g/mol. The summed E-state index contributed by atoms with van der Waals surface area (Å²) in [6, 6.07) is 3.88. The van der Waals surface area contributed by atoms with Gasteiger partial charge in [0.2, 0.25) is 0 Å². The van der Waals surface area contributed by atoms with Crippen LogP contribution in [0, 0.1) is 0 Å². The maximum absolute atomic E-state index is 12.0. The van der Waals surface area contributed by atoms with Gasteiger partial charge in [0.15, 0.2) is 0 Å². The Labute approximate surface area is 125 Å². The lowest BCUT2D eigenvalue weighted by molar-refractivity contribution is 0.162. The molecule has 1 rings (SSSR count). The van der Waals surface area contributed by atoms with Crippen LogP contribution < -0.4 is 10.6 Å². The van der Waals surface area contributed by atoms with E-state index in [-0.39, 0.29) is 18.1 Å². The van der Waals surface area contributed by atoms with Crippen LogP contribution in [-0.2, 0) is 5.41 Å². The van der Waals surface area contributed by atoms with Crippen LogP contribution in [0.3, 0.4) is 0 Å². The highest BCUT2D eigenvalue weighted by Crippen LogP contribution is 2.26. The molecule has 0 spiro atoms. The summed E-state index contributed by atoms with van der Waals surface area (Å²) in [6.07, 6.45) is 1.67. The van der Waals surface area contributed by atoms with Crippen LogP contribution in [0.15, 0.2) is 17.5 Å². The van der Waals surface area contributed by atoms with E-state index in [1.54, 1.807) is 11.3 Å². The lowest BCUT2D eigenvalue weighted by Gasteiger charge is -2.30. The van der Waals surface area contributed by atoms with Gasteiger partial charge in [-0.25, -0.2) is 4.79 Å². The van der Waals surface area contributed by atoms with E-state index in [0.29, 0.717) is 6.54 Å². The number of aliphatic hydroxyl groups excluding tert-OH is 1. The summed E-state index contributed by atoms with van der Waals surface area (Å²) in [7, 11) is 0. The number of nitrogens with one attached hydrogen (secondary N) is 2. The van der Waals surface area contributed by atoms with Crippen molar-refractivity contribution in [2.24, 2.45) is 0 Å². The fraction of sp³-hybridized carbons (Fsp3) is 0.667. The number of carbonyl (C=O) groups excluding carboxylic acids is 1. The summed E-state index contributed by atoms with van der Waals surface area (Å²) in [5, 5.41) is 17.2. The van der Waals surface area contributed by atoms with E-state index in [1.807, 2.05) is 25.3 Å². The molecule has 20 heavy (non-hydrogen) atoms. The van der Waals surface area contributed by atoms with E-state index in [9.17, 15) is 9.90 Å². The fourth-order valence-electron chi connectivity index (χ4n) is 2.10. The van der Waals surface area contributed by atoms with E-state index in [2.05, 4.69) is 30.5 Å². The third-order valence-electron chi connectivity index (χ3n) is 3.45. The van der Waals surface area contributed by atoms with Gasteiger partial charge >= 0.3 is 6.03 Å². The van der Waals surface area contributed by atoms with Gasteiger partial charge in [-0.2, -0.15) is 0 Å². The minimum atomic E-state index is -0.550. The molecule has 2 amide bonds. The SMILES string of the molecule is CCCC(C)(CO)NC(=O)NCC(C)(C)c1cccs1. The van der Waals surface area contributed by atoms with Gasteiger partial charge in [-0.3, -0.25) is 0 Å². The molecule has 1 unspecified atom stereocenters. The van der Waals surface area contributed by atoms with Crippen molar-refractivity contribution in [1.82, 2.24) is 10.6 Å². The molecule has 1 aromatic heterocycles. The zero-order valence-electron chi connectivity index (χ0n) is 12.8. The average molecular weight is 298 g/mol. The average Bonchev–Trinajstić information content (AvgIpc) is 2.91. The molecule has 0 aliphatic rings. The van der Waals surface area contributed by atoms with Gasteiger partial charge in [0.25, 0.3) is 0 Å². The van der Waals surface area contributed by atoms with Crippen molar-refractivity contribution in [2.45, 2.75) is 51.5 Å². The van der Waals surface area contributed by atoms with Gasteiger partial charge in [-0.1, -0.05) is 33.3 Å². The number of rotatable bonds is 7. The third kappa shape index (κ3) is 4.80. The number of aliphatic hydroxyl groups is 1. The van der Waals surface area contributed by atoms with Gasteiger partial charge in [0.05, 0.1) is 12.1 Å². The van der Waals surface area contributed by atoms with Gasteiger partial charge < -0.3 is 15.7 Å². The van der Waals surface area contributed by atoms with Crippen molar-refractivity contribution in [3.05, 3.63) is 22.4 Å². The maximum Gasteiger partial charge on any atom is 0.315 e. The Bertz CT molecular complexity index is 418. The highest BCUT2D eigenvalue weighted by Gasteiger charge is 2.26. The number of hydrogen-bond donors (Lipinski definition) is 3. The van der Waals surface area contributed by atoms with Crippen molar-refractivity contribution in [2.75, 3.05) is 13.2 Å². The number of hydrogen-bond acceptors (Lipinski definition) is 3. The van der Waals surface area contributed by atoms with E-state index < -0.39 is 5.54 Å². The highest BCUT2D eigenvalue weighted by atomic mass is 32.1. The minimum absolute atomic E-state index is 0.0530. The minimum Gasteiger partial charge on any atom is -0.394 e. The largest absolute Gasteiger partial charge is 0.394 e. The fourth-order valence-corrected chi connectivity index (χ4v) is 2.96. The van der Waals surface area contributed by atoms with Crippen LogP contribution in [0.4, 0.5) is 4.79 Å². The van der Waals surface area contributed by atoms with Crippen molar-refractivity contribution >= 4 is 17.4 Å². The third-order valence-corrected chi connectivity index (χ3v) is 4.68. The predicted molar refractivity (Wildman–Crippen MR) is 84.3 cm³/mol. The second-order valence-corrected chi connectivity index (χ2v) is 7.09. The van der Waals surface area contributed by atoms with Crippen LogP contribution in [0.25, 0.3) is 0 Å². The Kier molecular flexibility index (Phi) is 6.02. The summed E-state index contributed by atoms with van der Waals surface area (Å²) in [5.41, 5.74) is -0.641. The first-order valence-electron chi connectivity index (χ1n) is 7.04. The summed E-state index contributed by atoms with van der Waals surface area (Å²) in [4.78, 5) is 13.2. The quantitative estimate of drug-likeness (QED) is 0.725. The maximum atomic E-state index is 12.0. The van der Waals surface area contributed by atoms with Gasteiger partial charge in [-0.05, 0) is 24.8 Å². The molecule has 0 bridgehead atoms. The van der Waals surface area contributed by atoms with Crippen LogP contribution in [0.1, 0.15) is 45.4 Å². The first-order chi connectivity index (χ1) is 9.33. The number of urea groups is 1. The zero-order chi connectivity index (χ0) is 15.2. The van der Waals surface area contributed by atoms with E-state index in [1.165, 1.54) is 4.88 Å². The topological polar surface area (TPSA) is 61.4 Å². The molecule has 3 N–H and O–H groups in total. The van der Waals surface area contributed by atoms with Crippen LogP contribution in [0.2, 0.25) is 0 Å². The molecule has 0 saturated carbocycles. The molecule has 1 heterocycles. The molecule has 1 aromatic rings. The molecule has 0 saturated heterocycles. The number of carbonyl (C=O) groups is 1. The molecule has 1 atom stereocenters. The molecule has 0 fully saturated rings. The van der Waals surface area contributed by atoms with E-state index in [4.69, 9.17) is 0 Å².